The Hall–Kier alpha value is -1.14. The van der Waals surface area contributed by atoms with Crippen LogP contribution in [0.3, 0.4) is 0 Å². The number of hydrogen-bond acceptors (Lipinski definition) is 4. The van der Waals surface area contributed by atoms with Crippen LogP contribution in [0.15, 0.2) is 10.9 Å². The van der Waals surface area contributed by atoms with E-state index in [2.05, 4.69) is 0 Å². The van der Waals surface area contributed by atoms with E-state index in [1.165, 1.54) is 0 Å². The average molecular weight is 229 g/mol. The summed E-state index contributed by atoms with van der Waals surface area (Å²) in [6.45, 7) is 2.45. The van der Waals surface area contributed by atoms with Crippen LogP contribution in [0, 0.1) is 0 Å². The molecule has 0 unspecified atom stereocenters. The van der Waals surface area contributed by atoms with Gasteiger partial charge in [-0.3, -0.25) is 9.36 Å². The van der Waals surface area contributed by atoms with Gasteiger partial charge in [-0.2, -0.15) is 0 Å². The molecule has 0 amide bonds. The Labute approximate surface area is 87.0 Å². The van der Waals surface area contributed by atoms with E-state index < -0.39 is 5.97 Å². The highest BCUT2D eigenvalue weighted by atomic mass is 32.1. The number of aromatic carboxylic acids is 1. The number of thiazole rings is 1. The highest BCUT2D eigenvalue weighted by Gasteiger charge is 2.13. The number of carboxylic acids is 1. The van der Waals surface area contributed by atoms with Gasteiger partial charge in [0.1, 0.15) is 9.71 Å². The van der Waals surface area contributed by atoms with Crippen LogP contribution < -0.4 is 4.87 Å². The average Bonchev–Trinajstić information content (AvgIpc) is 2.60. The maximum atomic E-state index is 11.4. The Bertz CT molecular complexity index is 548. The van der Waals surface area contributed by atoms with Gasteiger partial charge in [-0.15, -0.1) is 11.3 Å². The lowest BCUT2D eigenvalue weighted by atomic mass is 10.5. The highest BCUT2D eigenvalue weighted by molar-refractivity contribution is 7.27. The quantitative estimate of drug-likeness (QED) is 0.854. The summed E-state index contributed by atoms with van der Waals surface area (Å²) in [5.74, 6) is -0.937. The number of carboxylic acid groups (broad SMARTS) is 1. The molecule has 0 saturated carbocycles. The summed E-state index contributed by atoms with van der Waals surface area (Å²) in [4.78, 5) is 23.1. The molecule has 0 atom stereocenters. The minimum atomic E-state index is -0.937. The van der Waals surface area contributed by atoms with Crippen LogP contribution in [0.1, 0.15) is 16.6 Å². The maximum Gasteiger partial charge on any atom is 0.345 e. The molecule has 0 saturated heterocycles. The van der Waals surface area contributed by atoms with Crippen molar-refractivity contribution in [3.8, 4) is 0 Å². The first-order valence-corrected chi connectivity index (χ1v) is 5.63. The number of aryl methyl sites for hydroxylation is 1. The van der Waals surface area contributed by atoms with Crippen molar-refractivity contribution in [1.82, 2.24) is 4.57 Å². The first-order chi connectivity index (χ1) is 6.63. The molecule has 0 aromatic carbocycles. The third-order valence-corrected chi connectivity index (χ3v) is 4.07. The Morgan fingerprint density at radius 2 is 2.29 bits per heavy atom. The van der Waals surface area contributed by atoms with Crippen molar-refractivity contribution in [2.45, 2.75) is 13.5 Å². The molecule has 1 N–H and O–H groups in total. The first-order valence-electron chi connectivity index (χ1n) is 4.00. The minimum absolute atomic E-state index is 0.0225. The van der Waals surface area contributed by atoms with E-state index in [0.717, 1.165) is 32.2 Å². The summed E-state index contributed by atoms with van der Waals surface area (Å²) < 4.78 is 2.36. The number of nitrogens with zero attached hydrogens (tertiary/aromatic N) is 1. The molecule has 0 aliphatic rings. The summed E-state index contributed by atoms with van der Waals surface area (Å²) in [7, 11) is 0. The lowest BCUT2D eigenvalue weighted by Crippen LogP contribution is -2.09. The van der Waals surface area contributed by atoms with E-state index in [1.807, 2.05) is 6.92 Å². The number of hydrogen-bond donors (Lipinski definition) is 1. The zero-order valence-electron chi connectivity index (χ0n) is 7.31. The Morgan fingerprint density at radius 3 is 2.86 bits per heavy atom. The molecule has 2 heterocycles. The van der Waals surface area contributed by atoms with Crippen molar-refractivity contribution < 1.29 is 9.90 Å². The molecule has 2 rings (SSSR count). The summed E-state index contributed by atoms with van der Waals surface area (Å²) in [6, 6.07) is 1.56. The van der Waals surface area contributed by atoms with E-state index in [1.54, 1.807) is 10.6 Å². The van der Waals surface area contributed by atoms with E-state index in [-0.39, 0.29) is 9.75 Å². The van der Waals surface area contributed by atoms with Crippen LogP contribution in [0.5, 0.6) is 0 Å². The second-order valence-corrected chi connectivity index (χ2v) is 4.72. The number of carbonyl (C=O) groups is 1. The van der Waals surface area contributed by atoms with Crippen molar-refractivity contribution in [1.29, 1.82) is 0 Å². The minimum Gasteiger partial charge on any atom is -0.477 e. The van der Waals surface area contributed by atoms with Gasteiger partial charge in [0.15, 0.2) is 0 Å². The van der Waals surface area contributed by atoms with Gasteiger partial charge in [0.25, 0.3) is 0 Å². The lowest BCUT2D eigenvalue weighted by molar-refractivity contribution is 0.0702. The van der Waals surface area contributed by atoms with Gasteiger partial charge in [0, 0.05) is 6.54 Å². The van der Waals surface area contributed by atoms with E-state index >= 15 is 0 Å². The SMILES string of the molecule is CCn1c(=O)sc2cc(C(=O)O)sc21. The molecule has 0 aliphatic carbocycles. The Kier molecular flexibility index (Phi) is 2.16. The topological polar surface area (TPSA) is 59.3 Å². The van der Waals surface area contributed by atoms with Gasteiger partial charge < -0.3 is 5.11 Å². The van der Waals surface area contributed by atoms with Gasteiger partial charge in [-0.25, -0.2) is 4.79 Å². The summed E-state index contributed by atoms with van der Waals surface area (Å²) in [5, 5.41) is 8.76. The zero-order chi connectivity index (χ0) is 10.3. The smallest absolute Gasteiger partial charge is 0.345 e. The molecule has 14 heavy (non-hydrogen) atoms. The van der Waals surface area contributed by atoms with Crippen LogP contribution in [0.4, 0.5) is 0 Å². The van der Waals surface area contributed by atoms with Gasteiger partial charge >= 0.3 is 10.8 Å². The molecule has 0 spiro atoms. The number of thiophene rings is 1. The lowest BCUT2D eigenvalue weighted by Gasteiger charge is -1.92. The van der Waals surface area contributed by atoms with E-state index in [0.29, 0.717) is 6.54 Å². The molecule has 0 bridgehead atoms. The fourth-order valence-electron chi connectivity index (χ4n) is 1.24. The molecule has 4 nitrogen and oxygen atoms in total. The number of rotatable bonds is 2. The first kappa shape index (κ1) is 9.42. The Balaban J connectivity index is 2.74. The predicted octanol–water partition coefficient (Wildman–Crippen LogP) is 1.84. The van der Waals surface area contributed by atoms with Gasteiger partial charge in [0.2, 0.25) is 0 Å². The molecule has 2 aromatic rings. The highest BCUT2D eigenvalue weighted by Crippen LogP contribution is 2.27. The number of fused-ring (bicyclic) bond motifs is 1. The van der Waals surface area contributed by atoms with Gasteiger partial charge in [-0.05, 0) is 13.0 Å². The van der Waals surface area contributed by atoms with Crippen LogP contribution >= 0.6 is 22.7 Å². The van der Waals surface area contributed by atoms with Crippen LogP contribution in [-0.2, 0) is 6.54 Å². The molecule has 74 valence electrons. The second-order valence-electron chi connectivity index (χ2n) is 2.70. The molecular formula is C8H7NO3S2. The Morgan fingerprint density at radius 1 is 1.57 bits per heavy atom. The zero-order valence-corrected chi connectivity index (χ0v) is 8.94. The molecule has 0 aliphatic heterocycles. The van der Waals surface area contributed by atoms with E-state index in [9.17, 15) is 9.59 Å². The van der Waals surface area contributed by atoms with Crippen molar-refractivity contribution in [2.24, 2.45) is 0 Å². The standard InChI is InChI=1S/C8H7NO3S2/c1-2-9-6-4(14-8(9)12)3-5(13-6)7(10)11/h3H,2H2,1H3,(H,10,11). The van der Waals surface area contributed by atoms with Crippen molar-refractivity contribution in [3.05, 3.63) is 20.6 Å². The van der Waals surface area contributed by atoms with Gasteiger partial charge in [-0.1, -0.05) is 11.3 Å². The summed E-state index contributed by atoms with van der Waals surface area (Å²) >= 11 is 2.25. The maximum absolute atomic E-state index is 11.4. The normalized spacial score (nSPS) is 10.9. The van der Waals surface area contributed by atoms with Crippen LogP contribution in [0.2, 0.25) is 0 Å². The molecule has 0 fully saturated rings. The third kappa shape index (κ3) is 1.27. The monoisotopic (exact) mass is 229 g/mol. The van der Waals surface area contributed by atoms with Crippen molar-refractivity contribution in [3.63, 3.8) is 0 Å². The molecule has 2 aromatic heterocycles. The summed E-state index contributed by atoms with van der Waals surface area (Å²) in [6.07, 6.45) is 0. The molecule has 6 heteroatoms. The van der Waals surface area contributed by atoms with Crippen LogP contribution in [0.25, 0.3) is 9.53 Å². The fourth-order valence-corrected chi connectivity index (χ4v) is 3.47. The predicted molar refractivity (Wildman–Crippen MR) is 56.6 cm³/mol. The molecule has 0 radical (unpaired) electrons. The summed E-state index contributed by atoms with van der Waals surface area (Å²) in [5.41, 5.74) is 0. The van der Waals surface area contributed by atoms with Crippen molar-refractivity contribution in [2.75, 3.05) is 0 Å². The fraction of sp³-hybridized carbons (Fsp3) is 0.250. The van der Waals surface area contributed by atoms with E-state index in [4.69, 9.17) is 5.11 Å². The second kappa shape index (κ2) is 3.21. The molecular weight excluding hydrogens is 222 g/mol. The van der Waals surface area contributed by atoms with Crippen LogP contribution in [-0.4, -0.2) is 15.6 Å². The van der Waals surface area contributed by atoms with Crippen molar-refractivity contribution >= 4 is 38.2 Å². The number of aromatic nitrogens is 1. The van der Waals surface area contributed by atoms with Gasteiger partial charge in [0.05, 0.1) is 4.70 Å². The largest absolute Gasteiger partial charge is 0.477 e. The third-order valence-electron chi connectivity index (χ3n) is 1.87.